The number of benzene rings is 1. The summed E-state index contributed by atoms with van der Waals surface area (Å²) in [7, 11) is 1.48. The summed E-state index contributed by atoms with van der Waals surface area (Å²) in [6.07, 6.45) is 4.58. The predicted molar refractivity (Wildman–Crippen MR) is 100 cm³/mol. The van der Waals surface area contributed by atoms with Crippen LogP contribution in [0.25, 0.3) is 11.2 Å². The van der Waals surface area contributed by atoms with E-state index < -0.39 is 0 Å². The lowest BCUT2D eigenvalue weighted by molar-refractivity contribution is 0.102. The molecule has 3 heterocycles. The van der Waals surface area contributed by atoms with Crippen molar-refractivity contribution in [2.24, 2.45) is 0 Å². The Morgan fingerprint density at radius 2 is 1.85 bits per heavy atom. The van der Waals surface area contributed by atoms with Crippen molar-refractivity contribution in [3.8, 4) is 5.88 Å². The molecule has 0 atom stereocenters. The maximum Gasteiger partial charge on any atom is 0.261 e. The van der Waals surface area contributed by atoms with Crippen LogP contribution < -0.4 is 15.4 Å². The predicted octanol–water partition coefficient (Wildman–Crippen LogP) is 2.75. The second kappa shape index (κ2) is 7.08. The number of anilines is 3. The van der Waals surface area contributed by atoms with Crippen molar-refractivity contribution in [2.45, 2.75) is 0 Å². The number of aromatic nitrogens is 5. The van der Waals surface area contributed by atoms with Crippen molar-refractivity contribution in [3.63, 3.8) is 0 Å². The molecule has 0 aliphatic carbocycles. The quantitative estimate of drug-likeness (QED) is 0.500. The Morgan fingerprint density at radius 3 is 2.67 bits per heavy atom. The molecule has 134 valence electrons. The maximum absolute atomic E-state index is 12.4. The molecule has 0 radical (unpaired) electrons. The summed E-state index contributed by atoms with van der Waals surface area (Å²) in [5.41, 5.74) is 3.12. The van der Waals surface area contributed by atoms with Crippen LogP contribution in [0.3, 0.4) is 0 Å². The second-order valence-corrected chi connectivity index (χ2v) is 5.54. The minimum absolute atomic E-state index is 0.278. The number of imidazole rings is 1. The number of hydrogen-bond donors (Lipinski definition) is 3. The van der Waals surface area contributed by atoms with Gasteiger partial charge in [-0.25, -0.2) is 19.9 Å². The summed E-state index contributed by atoms with van der Waals surface area (Å²) in [4.78, 5) is 31.8. The van der Waals surface area contributed by atoms with Gasteiger partial charge < -0.3 is 20.4 Å². The van der Waals surface area contributed by atoms with Crippen molar-refractivity contribution < 1.29 is 9.53 Å². The molecule has 9 nitrogen and oxygen atoms in total. The van der Waals surface area contributed by atoms with Gasteiger partial charge in [0.1, 0.15) is 17.4 Å². The van der Waals surface area contributed by atoms with E-state index in [2.05, 4.69) is 35.6 Å². The maximum atomic E-state index is 12.4. The molecule has 4 rings (SSSR count). The highest BCUT2D eigenvalue weighted by molar-refractivity contribution is 6.05. The molecule has 9 heteroatoms. The standard InChI is InChI=1S/C18H15N7O2/c1-27-18-13(3-2-8-19-18)17(26)25-12-6-4-11(5-7-12)24-16-14-15(21-9-20-14)22-10-23-16/h2-10H,1H3,(H,25,26)(H2,20,21,22,23,24). The molecule has 0 fully saturated rings. The fraction of sp³-hybridized carbons (Fsp3) is 0.0556. The number of H-pyrrole nitrogens is 1. The van der Waals surface area contributed by atoms with Gasteiger partial charge >= 0.3 is 0 Å². The van der Waals surface area contributed by atoms with Crippen LogP contribution in [-0.2, 0) is 0 Å². The van der Waals surface area contributed by atoms with E-state index in [1.807, 2.05) is 12.1 Å². The highest BCUT2D eigenvalue weighted by Crippen LogP contribution is 2.22. The van der Waals surface area contributed by atoms with Gasteiger partial charge in [-0.15, -0.1) is 0 Å². The normalized spacial score (nSPS) is 10.6. The summed E-state index contributed by atoms with van der Waals surface area (Å²) in [5, 5.41) is 6.02. The van der Waals surface area contributed by atoms with Crippen LogP contribution >= 0.6 is 0 Å². The highest BCUT2D eigenvalue weighted by Gasteiger charge is 2.13. The van der Waals surface area contributed by atoms with Crippen molar-refractivity contribution >= 4 is 34.3 Å². The van der Waals surface area contributed by atoms with Gasteiger partial charge in [-0.1, -0.05) is 0 Å². The number of nitrogens with zero attached hydrogens (tertiary/aromatic N) is 4. The molecule has 1 amide bonds. The number of nitrogens with one attached hydrogen (secondary N) is 3. The Balaban J connectivity index is 1.49. The number of carbonyl (C=O) groups is 1. The van der Waals surface area contributed by atoms with E-state index in [1.54, 1.807) is 36.8 Å². The Morgan fingerprint density at radius 1 is 1.04 bits per heavy atom. The number of rotatable bonds is 5. The van der Waals surface area contributed by atoms with Crippen LogP contribution in [0.5, 0.6) is 5.88 Å². The molecule has 4 aromatic rings. The smallest absolute Gasteiger partial charge is 0.261 e. The molecule has 3 N–H and O–H groups in total. The number of amides is 1. The molecule has 0 saturated carbocycles. The molecule has 0 saturated heterocycles. The molecular formula is C18H15N7O2. The number of pyridine rings is 1. The third-order valence-electron chi connectivity index (χ3n) is 3.84. The van der Waals surface area contributed by atoms with Gasteiger partial charge in [0.25, 0.3) is 5.91 Å². The van der Waals surface area contributed by atoms with Gasteiger partial charge in [0.05, 0.1) is 13.4 Å². The van der Waals surface area contributed by atoms with Crippen molar-refractivity contribution in [1.29, 1.82) is 0 Å². The Hall–Kier alpha value is -4.01. The average Bonchev–Trinajstić information content (AvgIpc) is 3.19. The number of methoxy groups -OCH3 is 1. The van der Waals surface area contributed by atoms with E-state index in [-0.39, 0.29) is 11.8 Å². The first-order chi connectivity index (χ1) is 13.2. The first-order valence-corrected chi connectivity index (χ1v) is 8.06. The highest BCUT2D eigenvalue weighted by atomic mass is 16.5. The first-order valence-electron chi connectivity index (χ1n) is 8.06. The van der Waals surface area contributed by atoms with Crippen molar-refractivity contribution in [3.05, 3.63) is 60.8 Å². The fourth-order valence-corrected chi connectivity index (χ4v) is 2.56. The van der Waals surface area contributed by atoms with E-state index in [9.17, 15) is 4.79 Å². The summed E-state index contributed by atoms with van der Waals surface area (Å²) in [5.74, 6) is 0.602. The number of hydrogen-bond acceptors (Lipinski definition) is 7. The van der Waals surface area contributed by atoms with Crippen molar-refractivity contribution in [1.82, 2.24) is 24.9 Å². The zero-order valence-corrected chi connectivity index (χ0v) is 14.3. The van der Waals surface area contributed by atoms with Crippen molar-refractivity contribution in [2.75, 3.05) is 17.7 Å². The minimum atomic E-state index is -0.296. The molecule has 0 spiro atoms. The molecule has 0 aliphatic rings. The number of carbonyl (C=O) groups excluding carboxylic acids is 1. The second-order valence-electron chi connectivity index (χ2n) is 5.54. The monoisotopic (exact) mass is 361 g/mol. The lowest BCUT2D eigenvalue weighted by Crippen LogP contribution is -2.13. The largest absolute Gasteiger partial charge is 0.480 e. The van der Waals surface area contributed by atoms with Gasteiger partial charge in [0.2, 0.25) is 5.88 Å². The van der Waals surface area contributed by atoms with Crippen LogP contribution in [0.1, 0.15) is 10.4 Å². The lowest BCUT2D eigenvalue weighted by atomic mass is 10.2. The number of ether oxygens (including phenoxy) is 1. The van der Waals surface area contributed by atoms with Crippen LogP contribution in [0.2, 0.25) is 0 Å². The summed E-state index contributed by atoms with van der Waals surface area (Å²) < 4.78 is 5.12. The topological polar surface area (TPSA) is 118 Å². The van der Waals surface area contributed by atoms with E-state index in [0.29, 0.717) is 22.7 Å². The Labute approximate surface area is 153 Å². The molecule has 3 aromatic heterocycles. The van der Waals surface area contributed by atoms with Gasteiger partial charge in [-0.3, -0.25) is 4.79 Å². The molecule has 0 aliphatic heterocycles. The van der Waals surface area contributed by atoms with E-state index in [0.717, 1.165) is 11.2 Å². The van der Waals surface area contributed by atoms with Crippen LogP contribution in [-0.4, -0.2) is 37.9 Å². The van der Waals surface area contributed by atoms with Crippen LogP contribution in [0.15, 0.2) is 55.2 Å². The summed E-state index contributed by atoms with van der Waals surface area (Å²) in [6, 6.07) is 10.6. The van der Waals surface area contributed by atoms with E-state index >= 15 is 0 Å². The molecule has 0 bridgehead atoms. The molecule has 1 aromatic carbocycles. The molecule has 27 heavy (non-hydrogen) atoms. The Kier molecular flexibility index (Phi) is 4.32. The molecule has 0 unspecified atom stereocenters. The number of aromatic amines is 1. The van der Waals surface area contributed by atoms with E-state index in [1.165, 1.54) is 13.4 Å². The zero-order valence-electron chi connectivity index (χ0n) is 14.3. The third-order valence-corrected chi connectivity index (χ3v) is 3.84. The van der Waals surface area contributed by atoms with Crippen LogP contribution in [0.4, 0.5) is 17.2 Å². The van der Waals surface area contributed by atoms with E-state index in [4.69, 9.17) is 4.74 Å². The van der Waals surface area contributed by atoms with Gasteiger partial charge in [0.15, 0.2) is 11.5 Å². The van der Waals surface area contributed by atoms with Gasteiger partial charge in [-0.05, 0) is 36.4 Å². The first kappa shape index (κ1) is 16.5. The van der Waals surface area contributed by atoms with Crippen LogP contribution in [0, 0.1) is 0 Å². The summed E-state index contributed by atoms with van der Waals surface area (Å²) >= 11 is 0. The average molecular weight is 361 g/mol. The minimum Gasteiger partial charge on any atom is -0.480 e. The lowest BCUT2D eigenvalue weighted by Gasteiger charge is -2.10. The SMILES string of the molecule is COc1ncccc1C(=O)Nc1ccc(Nc2ncnc3nc[nH]c23)cc1. The van der Waals surface area contributed by atoms with Gasteiger partial charge in [0, 0.05) is 17.6 Å². The fourth-order valence-electron chi connectivity index (χ4n) is 2.56. The zero-order chi connectivity index (χ0) is 18.6. The number of fused-ring (bicyclic) bond motifs is 1. The molecular weight excluding hydrogens is 346 g/mol. The summed E-state index contributed by atoms with van der Waals surface area (Å²) in [6.45, 7) is 0. The third kappa shape index (κ3) is 3.38. The Bertz CT molecular complexity index is 1090. The van der Waals surface area contributed by atoms with Gasteiger partial charge in [-0.2, -0.15) is 0 Å².